The fraction of sp³-hybridized carbons (Fsp3) is 0.227. The summed E-state index contributed by atoms with van der Waals surface area (Å²) in [5.74, 6) is 0. The number of aromatic amines is 1. The monoisotopic (exact) mass is 441 g/mol. The topological polar surface area (TPSA) is 79.1 Å². The van der Waals surface area contributed by atoms with Crippen LogP contribution in [-0.2, 0) is 13.5 Å². The number of hydrogen-bond acceptors (Lipinski definition) is 5. The molecule has 8 heteroatoms. The maximum Gasteiger partial charge on any atom is 0.326 e. The summed E-state index contributed by atoms with van der Waals surface area (Å²) in [7, 11) is 3.79. The number of nitrogens with two attached hydrogens (primary N) is 1. The Hall–Kier alpha value is -2.77. The number of hydrogen-bond donors (Lipinski definition) is 3. The molecule has 0 fully saturated rings. The van der Waals surface area contributed by atoms with Gasteiger partial charge in [-0.25, -0.2) is 4.79 Å². The van der Waals surface area contributed by atoms with Crippen molar-refractivity contribution in [2.75, 3.05) is 7.05 Å². The van der Waals surface area contributed by atoms with Crippen molar-refractivity contribution in [3.8, 4) is 0 Å². The van der Waals surface area contributed by atoms with Gasteiger partial charge in [0.25, 0.3) is 0 Å². The second-order valence-corrected chi connectivity index (χ2v) is 9.03. The van der Waals surface area contributed by atoms with Gasteiger partial charge in [0.1, 0.15) is 0 Å². The van der Waals surface area contributed by atoms with Crippen LogP contribution in [0.15, 0.2) is 59.3 Å². The van der Waals surface area contributed by atoms with Gasteiger partial charge in [0.05, 0.1) is 11.0 Å². The predicted octanol–water partition coefficient (Wildman–Crippen LogP) is 3.72. The van der Waals surface area contributed by atoms with Crippen molar-refractivity contribution in [2.24, 2.45) is 12.8 Å². The van der Waals surface area contributed by atoms with E-state index in [4.69, 9.17) is 17.3 Å². The Bertz CT molecular complexity index is 1230. The zero-order valence-corrected chi connectivity index (χ0v) is 18.6. The number of rotatable bonds is 5. The average Bonchev–Trinajstić information content (AvgIpc) is 3.22. The number of aromatic nitrogens is 2. The van der Waals surface area contributed by atoms with Crippen LogP contribution in [0.5, 0.6) is 0 Å². The molecule has 0 saturated carbocycles. The molecule has 0 spiro atoms. The second-order valence-electron chi connectivity index (χ2n) is 7.50. The lowest BCUT2D eigenvalue weighted by Crippen LogP contribution is -2.32. The van der Waals surface area contributed by atoms with Crippen molar-refractivity contribution < 1.29 is 0 Å². The summed E-state index contributed by atoms with van der Waals surface area (Å²) in [6.07, 6.45) is 4.62. The molecule has 1 aromatic heterocycles. The van der Waals surface area contributed by atoms with Crippen LogP contribution in [0.4, 0.5) is 0 Å². The molecule has 30 heavy (non-hydrogen) atoms. The molecule has 1 aliphatic heterocycles. The highest BCUT2D eigenvalue weighted by Crippen LogP contribution is 2.38. The van der Waals surface area contributed by atoms with Crippen LogP contribution in [0, 0.1) is 6.92 Å². The van der Waals surface area contributed by atoms with E-state index in [9.17, 15) is 4.79 Å². The zero-order chi connectivity index (χ0) is 21.4. The van der Waals surface area contributed by atoms with E-state index in [1.165, 1.54) is 0 Å². The first-order chi connectivity index (χ1) is 14.3. The maximum absolute atomic E-state index is 11.8. The number of H-pyrrole nitrogens is 1. The molecule has 3 aromatic rings. The van der Waals surface area contributed by atoms with Crippen molar-refractivity contribution in [2.45, 2.75) is 18.8 Å². The van der Waals surface area contributed by atoms with Gasteiger partial charge in [-0.1, -0.05) is 41.6 Å². The van der Waals surface area contributed by atoms with E-state index in [2.05, 4.69) is 27.5 Å². The third-order valence-corrected chi connectivity index (χ3v) is 6.87. The van der Waals surface area contributed by atoms with E-state index in [0.717, 1.165) is 43.3 Å². The number of aryl methyl sites for hydroxylation is 2. The molecule has 156 valence electrons. The standard InChI is InChI=1S/C22H24ClN5OS/c1-13-8-14(4-6-17(13)23)9-16(24)11-25-22-27(2)12-20(30-22)15-5-7-18-19(10-15)28(3)21(29)26-18/h4-8,10-12,22,25H,9,24H2,1-3H3,(H,26,29)/b16-11-. The first-order valence-electron chi connectivity index (χ1n) is 9.57. The van der Waals surface area contributed by atoms with Crippen LogP contribution < -0.4 is 16.7 Å². The Labute approximate surface area is 184 Å². The fourth-order valence-corrected chi connectivity index (χ4v) is 4.65. The first kappa shape index (κ1) is 20.5. The summed E-state index contributed by atoms with van der Waals surface area (Å²) in [4.78, 5) is 17.9. The maximum atomic E-state index is 11.8. The smallest absolute Gasteiger partial charge is 0.326 e. The first-order valence-corrected chi connectivity index (χ1v) is 10.8. The highest BCUT2D eigenvalue weighted by atomic mass is 35.5. The fourth-order valence-electron chi connectivity index (χ4n) is 3.44. The second kappa shape index (κ2) is 8.16. The number of benzene rings is 2. The lowest BCUT2D eigenvalue weighted by molar-refractivity contribution is 0.409. The molecule has 4 N–H and O–H groups in total. The van der Waals surface area contributed by atoms with Crippen LogP contribution >= 0.6 is 23.4 Å². The van der Waals surface area contributed by atoms with Gasteiger partial charge in [0.15, 0.2) is 5.50 Å². The largest absolute Gasteiger partial charge is 0.401 e. The molecule has 4 rings (SSSR count). The minimum Gasteiger partial charge on any atom is -0.401 e. The number of nitrogens with zero attached hydrogens (tertiary/aromatic N) is 2. The van der Waals surface area contributed by atoms with Crippen LogP contribution in [0.2, 0.25) is 5.02 Å². The van der Waals surface area contributed by atoms with Gasteiger partial charge in [-0.05, 0) is 41.8 Å². The van der Waals surface area contributed by atoms with Gasteiger partial charge in [0.2, 0.25) is 0 Å². The SMILES string of the molecule is Cc1cc(C/C(N)=C/NC2SC(c3ccc4[nH]c(=O)n(C)c4c3)=CN2C)ccc1Cl. The van der Waals surface area contributed by atoms with E-state index in [-0.39, 0.29) is 11.2 Å². The van der Waals surface area contributed by atoms with Crippen molar-refractivity contribution in [1.29, 1.82) is 0 Å². The quantitative estimate of drug-likeness (QED) is 0.562. The summed E-state index contributed by atoms with van der Waals surface area (Å²) >= 11 is 7.80. The minimum atomic E-state index is -0.108. The number of nitrogens with one attached hydrogen (secondary N) is 2. The summed E-state index contributed by atoms with van der Waals surface area (Å²) in [5.41, 5.74) is 11.9. The van der Waals surface area contributed by atoms with E-state index in [1.807, 2.05) is 50.5 Å². The number of thioether (sulfide) groups is 1. The molecule has 2 heterocycles. The van der Waals surface area contributed by atoms with Crippen LogP contribution in [-0.4, -0.2) is 27.0 Å². The Kier molecular flexibility index (Phi) is 5.58. The van der Waals surface area contributed by atoms with Gasteiger partial charge in [-0.2, -0.15) is 0 Å². The molecule has 0 saturated heterocycles. The molecule has 0 bridgehead atoms. The Morgan fingerprint density at radius 1 is 1.30 bits per heavy atom. The van der Waals surface area contributed by atoms with Crippen molar-refractivity contribution in [3.63, 3.8) is 0 Å². The van der Waals surface area contributed by atoms with Crippen LogP contribution in [0.25, 0.3) is 15.9 Å². The number of imidazole rings is 1. The third-order valence-electron chi connectivity index (χ3n) is 5.16. The zero-order valence-electron chi connectivity index (χ0n) is 17.1. The highest BCUT2D eigenvalue weighted by Gasteiger charge is 2.23. The molecule has 1 aliphatic rings. The predicted molar refractivity (Wildman–Crippen MR) is 126 cm³/mol. The lowest BCUT2D eigenvalue weighted by atomic mass is 10.1. The molecule has 2 aromatic carbocycles. The van der Waals surface area contributed by atoms with Gasteiger partial charge in [-0.3, -0.25) is 4.57 Å². The summed E-state index contributed by atoms with van der Waals surface area (Å²) in [6, 6.07) is 12.0. The van der Waals surface area contributed by atoms with Gasteiger partial charge < -0.3 is 20.9 Å². The van der Waals surface area contributed by atoms with E-state index < -0.39 is 0 Å². The lowest BCUT2D eigenvalue weighted by Gasteiger charge is -2.20. The Morgan fingerprint density at radius 3 is 2.87 bits per heavy atom. The highest BCUT2D eigenvalue weighted by molar-refractivity contribution is 8.09. The van der Waals surface area contributed by atoms with Gasteiger partial charge >= 0.3 is 5.69 Å². The summed E-state index contributed by atoms with van der Waals surface area (Å²) in [6.45, 7) is 1.99. The molecular weight excluding hydrogens is 418 g/mol. The molecule has 0 amide bonds. The number of fused-ring (bicyclic) bond motifs is 1. The number of allylic oxidation sites excluding steroid dienone is 1. The summed E-state index contributed by atoms with van der Waals surface area (Å²) in [5, 5.41) is 4.16. The Balaban J connectivity index is 1.44. The van der Waals surface area contributed by atoms with Crippen LogP contribution in [0.1, 0.15) is 16.7 Å². The van der Waals surface area contributed by atoms with Crippen molar-refractivity contribution in [1.82, 2.24) is 19.8 Å². The normalized spacial score (nSPS) is 16.9. The molecule has 1 atom stereocenters. The average molecular weight is 442 g/mol. The molecule has 0 radical (unpaired) electrons. The van der Waals surface area contributed by atoms with Gasteiger partial charge in [0, 0.05) is 48.5 Å². The number of halogens is 1. The minimum absolute atomic E-state index is 0.0382. The Morgan fingerprint density at radius 2 is 2.10 bits per heavy atom. The third kappa shape index (κ3) is 4.08. The molecule has 0 aliphatic carbocycles. The molecule has 6 nitrogen and oxygen atoms in total. The van der Waals surface area contributed by atoms with E-state index in [1.54, 1.807) is 23.4 Å². The van der Waals surface area contributed by atoms with Crippen molar-refractivity contribution in [3.05, 3.63) is 86.7 Å². The van der Waals surface area contributed by atoms with Crippen molar-refractivity contribution >= 4 is 39.3 Å². The van der Waals surface area contributed by atoms with Crippen LogP contribution in [0.3, 0.4) is 0 Å². The van der Waals surface area contributed by atoms with Gasteiger partial charge in [-0.15, -0.1) is 0 Å². The summed E-state index contributed by atoms with van der Waals surface area (Å²) < 4.78 is 1.63. The molecule has 1 unspecified atom stereocenters. The van der Waals surface area contributed by atoms with E-state index >= 15 is 0 Å². The van der Waals surface area contributed by atoms with E-state index in [0.29, 0.717) is 6.42 Å². The molecular formula is C22H24ClN5OS.